The van der Waals surface area contributed by atoms with Gasteiger partial charge in [-0.05, 0) is 24.4 Å². The van der Waals surface area contributed by atoms with Crippen molar-refractivity contribution in [2.75, 3.05) is 37.8 Å². The predicted molar refractivity (Wildman–Crippen MR) is 63.9 cm³/mol. The molecule has 1 fully saturated rings. The quantitative estimate of drug-likeness (QED) is 0.708. The molecule has 1 aromatic heterocycles. The van der Waals surface area contributed by atoms with Crippen LogP contribution in [-0.2, 0) is 11.2 Å². The summed E-state index contributed by atoms with van der Waals surface area (Å²) in [6.45, 7) is 3.87. The van der Waals surface area contributed by atoms with E-state index in [1.807, 2.05) is 0 Å². The van der Waals surface area contributed by atoms with E-state index in [2.05, 4.69) is 14.9 Å². The molecule has 1 aromatic rings. The number of nitrogens with zero attached hydrogens (tertiary/aromatic N) is 3. The molecular formula is C11H14ClN3O2. The lowest BCUT2D eigenvalue weighted by atomic mass is 10.1. The number of hydrogen-bond acceptors (Lipinski definition) is 5. The van der Waals surface area contributed by atoms with Gasteiger partial charge in [0.2, 0.25) is 11.2 Å². The van der Waals surface area contributed by atoms with Crippen molar-refractivity contribution in [2.45, 2.75) is 12.8 Å². The van der Waals surface area contributed by atoms with Gasteiger partial charge >= 0.3 is 0 Å². The van der Waals surface area contributed by atoms with E-state index in [1.54, 1.807) is 0 Å². The van der Waals surface area contributed by atoms with Gasteiger partial charge in [-0.3, -0.25) is 0 Å². The van der Waals surface area contributed by atoms with Crippen molar-refractivity contribution in [1.29, 1.82) is 0 Å². The second kappa shape index (κ2) is 4.66. The maximum atomic E-state index is 5.94. The highest BCUT2D eigenvalue weighted by Gasteiger charge is 2.23. The number of hydrogen-bond donors (Lipinski definition) is 0. The molecule has 2 aliphatic rings. The molecule has 0 amide bonds. The van der Waals surface area contributed by atoms with Gasteiger partial charge in [0.15, 0.2) is 0 Å². The lowest BCUT2D eigenvalue weighted by Gasteiger charge is -2.30. The average Bonchev–Trinajstić information content (AvgIpc) is 2.39. The molecule has 1 saturated heterocycles. The molecule has 92 valence electrons. The summed E-state index contributed by atoms with van der Waals surface area (Å²) in [7, 11) is 0. The molecule has 3 heterocycles. The summed E-state index contributed by atoms with van der Waals surface area (Å²) < 4.78 is 10.9. The number of anilines is 1. The molecule has 0 aromatic carbocycles. The lowest BCUT2D eigenvalue weighted by Crippen LogP contribution is -2.37. The molecule has 0 unspecified atom stereocenters. The average molecular weight is 256 g/mol. The highest BCUT2D eigenvalue weighted by molar-refractivity contribution is 6.28. The third-order valence-corrected chi connectivity index (χ3v) is 3.21. The predicted octanol–water partition coefficient (Wildman–Crippen LogP) is 1.29. The van der Waals surface area contributed by atoms with E-state index in [0.29, 0.717) is 12.5 Å². The first kappa shape index (κ1) is 11.0. The Bertz CT molecular complexity index is 421. The maximum Gasteiger partial charge on any atom is 0.227 e. The molecule has 0 spiro atoms. The summed E-state index contributed by atoms with van der Waals surface area (Å²) >= 11 is 5.94. The molecule has 6 heteroatoms. The molecule has 0 saturated carbocycles. The molecule has 0 atom stereocenters. The fourth-order valence-electron chi connectivity index (χ4n) is 2.22. The van der Waals surface area contributed by atoms with Gasteiger partial charge in [-0.25, -0.2) is 4.98 Å². The van der Waals surface area contributed by atoms with E-state index in [4.69, 9.17) is 21.1 Å². The Morgan fingerprint density at radius 2 is 1.94 bits per heavy atom. The van der Waals surface area contributed by atoms with Gasteiger partial charge in [0.25, 0.3) is 0 Å². The minimum Gasteiger partial charge on any atom is -0.477 e. The summed E-state index contributed by atoms with van der Waals surface area (Å²) in [6, 6.07) is 0. The van der Waals surface area contributed by atoms with E-state index >= 15 is 0 Å². The van der Waals surface area contributed by atoms with Crippen LogP contribution < -0.4 is 9.64 Å². The molecule has 17 heavy (non-hydrogen) atoms. The summed E-state index contributed by atoms with van der Waals surface area (Å²) in [5, 5.41) is 0.257. The third-order valence-electron chi connectivity index (χ3n) is 3.04. The van der Waals surface area contributed by atoms with Crippen molar-refractivity contribution in [1.82, 2.24) is 9.97 Å². The molecule has 5 nitrogen and oxygen atoms in total. The number of rotatable bonds is 1. The first-order valence-corrected chi connectivity index (χ1v) is 6.24. The smallest absolute Gasteiger partial charge is 0.227 e. The van der Waals surface area contributed by atoms with E-state index in [9.17, 15) is 0 Å². The summed E-state index contributed by atoms with van der Waals surface area (Å²) in [6.07, 6.45) is 1.97. The largest absolute Gasteiger partial charge is 0.477 e. The monoisotopic (exact) mass is 255 g/mol. The van der Waals surface area contributed by atoms with E-state index in [0.717, 1.165) is 50.5 Å². The van der Waals surface area contributed by atoms with Crippen LogP contribution in [0.4, 0.5) is 5.82 Å². The lowest BCUT2D eigenvalue weighted by molar-refractivity contribution is 0.122. The van der Waals surface area contributed by atoms with Gasteiger partial charge < -0.3 is 14.4 Å². The molecule has 0 radical (unpaired) electrons. The Kier molecular flexibility index (Phi) is 3.03. The fourth-order valence-corrected chi connectivity index (χ4v) is 2.38. The van der Waals surface area contributed by atoms with Crippen LogP contribution in [0.25, 0.3) is 0 Å². The van der Waals surface area contributed by atoms with Crippen molar-refractivity contribution >= 4 is 17.4 Å². The van der Waals surface area contributed by atoms with Gasteiger partial charge in [0.1, 0.15) is 5.82 Å². The minimum atomic E-state index is 0.257. The van der Waals surface area contributed by atoms with Crippen molar-refractivity contribution in [3.8, 4) is 5.88 Å². The Labute approximate surface area is 105 Å². The van der Waals surface area contributed by atoms with Crippen molar-refractivity contribution in [3.63, 3.8) is 0 Å². The standard InChI is InChI=1S/C11H14ClN3O2/c12-11-13-9(15-3-6-16-7-4-15)8-2-1-5-17-10(8)14-11/h1-7H2. The maximum absolute atomic E-state index is 5.94. The van der Waals surface area contributed by atoms with Crippen LogP contribution in [0.2, 0.25) is 5.28 Å². The summed E-state index contributed by atoms with van der Waals surface area (Å²) in [5.41, 5.74) is 1.09. The van der Waals surface area contributed by atoms with Gasteiger partial charge in [-0.15, -0.1) is 0 Å². The van der Waals surface area contributed by atoms with Crippen molar-refractivity contribution < 1.29 is 9.47 Å². The highest BCUT2D eigenvalue weighted by Crippen LogP contribution is 2.32. The highest BCUT2D eigenvalue weighted by atomic mass is 35.5. The molecule has 3 rings (SSSR count). The van der Waals surface area contributed by atoms with Crippen LogP contribution in [-0.4, -0.2) is 42.9 Å². The Hall–Kier alpha value is -1.07. The van der Waals surface area contributed by atoms with E-state index < -0.39 is 0 Å². The zero-order valence-electron chi connectivity index (χ0n) is 9.49. The van der Waals surface area contributed by atoms with Crippen LogP contribution in [0.15, 0.2) is 0 Å². The number of halogens is 1. The zero-order valence-corrected chi connectivity index (χ0v) is 10.2. The van der Waals surface area contributed by atoms with Gasteiger partial charge in [0, 0.05) is 13.1 Å². The van der Waals surface area contributed by atoms with Gasteiger partial charge in [-0.1, -0.05) is 0 Å². The van der Waals surface area contributed by atoms with E-state index in [1.165, 1.54) is 0 Å². The number of ether oxygens (including phenoxy) is 2. The van der Waals surface area contributed by atoms with Crippen LogP contribution in [0, 0.1) is 0 Å². The first-order chi connectivity index (χ1) is 8.34. The summed E-state index contributed by atoms with van der Waals surface area (Å²) in [5.74, 6) is 1.57. The zero-order chi connectivity index (χ0) is 11.7. The van der Waals surface area contributed by atoms with Gasteiger partial charge in [-0.2, -0.15) is 4.98 Å². The van der Waals surface area contributed by atoms with Crippen molar-refractivity contribution in [3.05, 3.63) is 10.8 Å². The molecular weight excluding hydrogens is 242 g/mol. The van der Waals surface area contributed by atoms with Crippen LogP contribution >= 0.6 is 11.6 Å². The number of morpholine rings is 1. The molecule has 0 N–H and O–H groups in total. The molecule has 0 aliphatic carbocycles. The Morgan fingerprint density at radius 1 is 1.12 bits per heavy atom. The second-order valence-corrected chi connectivity index (χ2v) is 4.49. The van der Waals surface area contributed by atoms with Crippen LogP contribution in [0.3, 0.4) is 0 Å². The normalized spacial score (nSPS) is 19.7. The van der Waals surface area contributed by atoms with Crippen LogP contribution in [0.5, 0.6) is 5.88 Å². The topological polar surface area (TPSA) is 47.5 Å². The second-order valence-electron chi connectivity index (χ2n) is 4.15. The molecule has 2 aliphatic heterocycles. The number of fused-ring (bicyclic) bond motifs is 1. The summed E-state index contributed by atoms with van der Waals surface area (Å²) in [4.78, 5) is 10.7. The first-order valence-electron chi connectivity index (χ1n) is 5.86. The third kappa shape index (κ3) is 2.17. The SMILES string of the molecule is Clc1nc2c(c(N3CCOCC3)n1)CCCO2. The van der Waals surface area contributed by atoms with Crippen LogP contribution in [0.1, 0.15) is 12.0 Å². The fraction of sp³-hybridized carbons (Fsp3) is 0.636. The van der Waals surface area contributed by atoms with Gasteiger partial charge in [0.05, 0.1) is 25.4 Å². The molecule has 0 bridgehead atoms. The Balaban J connectivity index is 1.98. The Morgan fingerprint density at radius 3 is 2.76 bits per heavy atom. The number of aromatic nitrogens is 2. The van der Waals surface area contributed by atoms with Crippen molar-refractivity contribution in [2.24, 2.45) is 0 Å². The minimum absolute atomic E-state index is 0.257. The van der Waals surface area contributed by atoms with E-state index in [-0.39, 0.29) is 5.28 Å².